The van der Waals surface area contributed by atoms with E-state index in [1.54, 1.807) is 6.92 Å². The van der Waals surface area contributed by atoms with Crippen LogP contribution in [-0.2, 0) is 4.74 Å². The van der Waals surface area contributed by atoms with Crippen molar-refractivity contribution < 1.29 is 9.84 Å². The maximum absolute atomic E-state index is 11.6. The molecule has 1 aromatic heterocycles. The van der Waals surface area contributed by atoms with E-state index in [-0.39, 0.29) is 13.0 Å². The molecule has 0 spiro atoms. The molecule has 0 amide bonds. The third kappa shape index (κ3) is 2.17. The van der Waals surface area contributed by atoms with E-state index < -0.39 is 29.7 Å². The van der Waals surface area contributed by atoms with Gasteiger partial charge in [-0.25, -0.2) is 4.79 Å². The highest BCUT2D eigenvalue weighted by Crippen LogP contribution is 2.26. The van der Waals surface area contributed by atoms with Crippen molar-refractivity contribution in [2.45, 2.75) is 31.8 Å². The molecule has 4 N–H and O–H groups in total. The van der Waals surface area contributed by atoms with E-state index in [1.807, 2.05) is 0 Å². The van der Waals surface area contributed by atoms with Gasteiger partial charge >= 0.3 is 5.69 Å². The second-order valence-corrected chi connectivity index (χ2v) is 4.15. The van der Waals surface area contributed by atoms with Crippen LogP contribution in [0.3, 0.4) is 0 Å². The van der Waals surface area contributed by atoms with Gasteiger partial charge in [0.15, 0.2) is 0 Å². The summed E-state index contributed by atoms with van der Waals surface area (Å²) >= 11 is 0. The molecule has 1 saturated heterocycles. The quantitative estimate of drug-likeness (QED) is 0.580. The highest BCUT2D eigenvalue weighted by Gasteiger charge is 2.34. The summed E-state index contributed by atoms with van der Waals surface area (Å²) in [6.07, 6.45) is -0.0325. The molecule has 3 unspecified atom stereocenters. The Morgan fingerprint density at radius 1 is 1.65 bits per heavy atom. The van der Waals surface area contributed by atoms with E-state index in [1.165, 1.54) is 10.8 Å². The van der Waals surface area contributed by atoms with Crippen LogP contribution in [0.25, 0.3) is 0 Å². The normalized spacial score (nSPS) is 28.5. The fraction of sp³-hybridized carbons (Fsp3) is 0.600. The summed E-state index contributed by atoms with van der Waals surface area (Å²) in [4.78, 5) is 25.0. The molecule has 3 atom stereocenters. The smallest absolute Gasteiger partial charge is 0.330 e. The first-order valence-electron chi connectivity index (χ1n) is 5.38. The van der Waals surface area contributed by atoms with Crippen LogP contribution in [0.4, 0.5) is 0 Å². The van der Waals surface area contributed by atoms with Gasteiger partial charge in [-0.2, -0.15) is 0 Å². The first-order chi connectivity index (χ1) is 8.02. The molecule has 7 heteroatoms. The van der Waals surface area contributed by atoms with E-state index >= 15 is 0 Å². The summed E-state index contributed by atoms with van der Waals surface area (Å²) in [5.41, 5.74) is 4.88. The summed E-state index contributed by atoms with van der Waals surface area (Å²) in [5.74, 6) is 0. The van der Waals surface area contributed by atoms with Gasteiger partial charge in [-0.3, -0.25) is 14.3 Å². The number of nitrogens with zero attached hydrogens (tertiary/aromatic N) is 1. The Hall–Kier alpha value is -1.44. The fourth-order valence-corrected chi connectivity index (χ4v) is 1.90. The average Bonchev–Trinajstić information content (AvgIpc) is 2.65. The molecular formula is C10H15N3O4. The Kier molecular flexibility index (Phi) is 3.14. The maximum atomic E-state index is 11.6. The van der Waals surface area contributed by atoms with Gasteiger partial charge in [-0.05, 0) is 6.92 Å². The Labute approximate surface area is 96.8 Å². The lowest BCUT2D eigenvalue weighted by Gasteiger charge is -2.14. The molecule has 1 fully saturated rings. The Bertz CT molecular complexity index is 521. The molecule has 0 bridgehead atoms. The summed E-state index contributed by atoms with van der Waals surface area (Å²) in [6, 6.07) is 0. The summed E-state index contributed by atoms with van der Waals surface area (Å²) < 4.78 is 6.72. The number of aliphatic hydroxyl groups excluding tert-OH is 1. The van der Waals surface area contributed by atoms with Crippen molar-refractivity contribution >= 4 is 0 Å². The van der Waals surface area contributed by atoms with Crippen LogP contribution < -0.4 is 17.0 Å². The van der Waals surface area contributed by atoms with Gasteiger partial charge in [0.05, 0.1) is 12.2 Å². The highest BCUT2D eigenvalue weighted by atomic mass is 16.5. The summed E-state index contributed by atoms with van der Waals surface area (Å²) in [7, 11) is 0. The zero-order valence-corrected chi connectivity index (χ0v) is 9.42. The number of nitrogens with two attached hydrogens (primary N) is 1. The lowest BCUT2D eigenvalue weighted by atomic mass is 10.2. The van der Waals surface area contributed by atoms with Crippen molar-refractivity contribution in [3.63, 3.8) is 0 Å². The molecular weight excluding hydrogens is 226 g/mol. The first kappa shape index (κ1) is 12.0. The molecule has 1 aliphatic rings. The monoisotopic (exact) mass is 241 g/mol. The maximum Gasteiger partial charge on any atom is 0.330 e. The lowest BCUT2D eigenvalue weighted by Crippen LogP contribution is -2.33. The van der Waals surface area contributed by atoms with E-state index in [4.69, 9.17) is 10.5 Å². The lowest BCUT2D eigenvalue weighted by molar-refractivity contribution is -0.0152. The largest absolute Gasteiger partial charge is 0.390 e. The van der Waals surface area contributed by atoms with Gasteiger partial charge in [-0.1, -0.05) is 0 Å². The van der Waals surface area contributed by atoms with Gasteiger partial charge in [0.25, 0.3) is 5.56 Å². The molecule has 0 saturated carbocycles. The van der Waals surface area contributed by atoms with E-state index in [0.717, 1.165) is 0 Å². The van der Waals surface area contributed by atoms with Crippen molar-refractivity contribution in [2.75, 3.05) is 6.54 Å². The predicted octanol–water partition coefficient (Wildman–Crippen LogP) is -1.55. The Morgan fingerprint density at radius 2 is 2.35 bits per heavy atom. The predicted molar refractivity (Wildman–Crippen MR) is 59.6 cm³/mol. The van der Waals surface area contributed by atoms with Crippen LogP contribution in [0.2, 0.25) is 0 Å². The van der Waals surface area contributed by atoms with E-state index in [2.05, 4.69) is 4.98 Å². The van der Waals surface area contributed by atoms with Crippen LogP contribution in [0.15, 0.2) is 15.8 Å². The van der Waals surface area contributed by atoms with Gasteiger partial charge in [-0.15, -0.1) is 0 Å². The number of H-pyrrole nitrogens is 1. The molecule has 1 aliphatic heterocycles. The number of hydrogen-bond donors (Lipinski definition) is 3. The van der Waals surface area contributed by atoms with Crippen LogP contribution in [0.1, 0.15) is 18.2 Å². The number of hydrogen-bond acceptors (Lipinski definition) is 5. The van der Waals surface area contributed by atoms with Crippen molar-refractivity contribution in [2.24, 2.45) is 5.73 Å². The first-order valence-corrected chi connectivity index (χ1v) is 5.38. The molecule has 0 aromatic carbocycles. The second-order valence-electron chi connectivity index (χ2n) is 4.15. The van der Waals surface area contributed by atoms with Crippen LogP contribution in [-0.4, -0.2) is 33.4 Å². The van der Waals surface area contributed by atoms with Crippen LogP contribution in [0.5, 0.6) is 0 Å². The summed E-state index contributed by atoms with van der Waals surface area (Å²) in [6.45, 7) is 1.79. The third-order valence-corrected chi connectivity index (χ3v) is 2.89. The van der Waals surface area contributed by atoms with Crippen molar-refractivity contribution in [1.82, 2.24) is 9.55 Å². The van der Waals surface area contributed by atoms with Crippen molar-refractivity contribution in [3.05, 3.63) is 32.6 Å². The van der Waals surface area contributed by atoms with Crippen LogP contribution in [0, 0.1) is 6.92 Å². The van der Waals surface area contributed by atoms with Crippen molar-refractivity contribution in [1.29, 1.82) is 0 Å². The van der Waals surface area contributed by atoms with Gasteiger partial charge in [0, 0.05) is 24.7 Å². The molecule has 7 nitrogen and oxygen atoms in total. The standard InChI is InChI=1S/C10H15N3O4/c1-5-4-13(10(16)12-9(5)15)8-2-6(14)7(3-11)17-8/h4,6-8,14H,2-3,11H2,1H3,(H,12,15,16). The minimum absolute atomic E-state index is 0.189. The molecule has 17 heavy (non-hydrogen) atoms. The second kappa shape index (κ2) is 4.44. The van der Waals surface area contributed by atoms with Crippen LogP contribution >= 0.6 is 0 Å². The zero-order chi connectivity index (χ0) is 12.6. The topological polar surface area (TPSA) is 110 Å². The number of nitrogens with one attached hydrogen (secondary N) is 1. The SMILES string of the molecule is Cc1cn(C2CC(O)C(CN)O2)c(=O)[nH]c1=O. The number of rotatable bonds is 2. The molecule has 2 heterocycles. The molecule has 1 aromatic rings. The summed E-state index contributed by atoms with van der Waals surface area (Å²) in [5, 5.41) is 9.64. The van der Waals surface area contributed by atoms with Gasteiger partial charge in [0.1, 0.15) is 6.23 Å². The number of aryl methyl sites for hydroxylation is 1. The van der Waals surface area contributed by atoms with Gasteiger partial charge in [0.2, 0.25) is 0 Å². The number of aromatic nitrogens is 2. The fourth-order valence-electron chi connectivity index (χ4n) is 1.90. The molecule has 0 aliphatic carbocycles. The average molecular weight is 241 g/mol. The highest BCUT2D eigenvalue weighted by molar-refractivity contribution is 5.02. The Morgan fingerprint density at radius 3 is 2.94 bits per heavy atom. The van der Waals surface area contributed by atoms with Gasteiger partial charge < -0.3 is 15.6 Å². The zero-order valence-electron chi connectivity index (χ0n) is 9.42. The minimum Gasteiger partial charge on any atom is -0.390 e. The Balaban J connectivity index is 2.34. The molecule has 94 valence electrons. The number of ether oxygens (including phenoxy) is 1. The minimum atomic E-state index is -0.691. The third-order valence-electron chi connectivity index (χ3n) is 2.89. The number of aliphatic hydroxyl groups is 1. The van der Waals surface area contributed by atoms with E-state index in [0.29, 0.717) is 5.56 Å². The number of aromatic amines is 1. The van der Waals surface area contributed by atoms with E-state index in [9.17, 15) is 14.7 Å². The molecule has 0 radical (unpaired) electrons. The molecule has 2 rings (SSSR count). The van der Waals surface area contributed by atoms with Crippen molar-refractivity contribution in [3.8, 4) is 0 Å².